The van der Waals surface area contributed by atoms with E-state index in [-0.39, 0.29) is 16.6 Å². The summed E-state index contributed by atoms with van der Waals surface area (Å²) in [6, 6.07) is 5.47. The summed E-state index contributed by atoms with van der Waals surface area (Å²) >= 11 is 3.78. The normalized spacial score (nSPS) is 24.6. The van der Waals surface area contributed by atoms with Gasteiger partial charge in [-0.05, 0) is 55.0 Å². The number of fused-ring (bicyclic) bond motifs is 1. The summed E-state index contributed by atoms with van der Waals surface area (Å²) in [7, 11) is 0. The molecule has 0 spiro atoms. The highest BCUT2D eigenvalue weighted by atomic mass is 32.2. The topological polar surface area (TPSA) is 21.3 Å². The number of rotatable bonds is 4. The van der Waals surface area contributed by atoms with E-state index in [2.05, 4.69) is 11.6 Å². The van der Waals surface area contributed by atoms with Crippen molar-refractivity contribution in [3.8, 4) is 0 Å². The van der Waals surface area contributed by atoms with Gasteiger partial charge in [0.2, 0.25) is 0 Å². The molecule has 116 valence electrons. The van der Waals surface area contributed by atoms with Gasteiger partial charge in [0.25, 0.3) is 0 Å². The lowest BCUT2D eigenvalue weighted by Crippen LogP contribution is -2.43. The van der Waals surface area contributed by atoms with Crippen LogP contribution in [0.1, 0.15) is 30.9 Å². The molecule has 5 heteroatoms. The molecule has 2 nitrogen and oxygen atoms in total. The molecule has 3 rings (SSSR count). The maximum absolute atomic E-state index is 13.5. The van der Waals surface area contributed by atoms with E-state index >= 15 is 0 Å². The van der Waals surface area contributed by atoms with Gasteiger partial charge in [0.1, 0.15) is 5.82 Å². The van der Waals surface area contributed by atoms with Gasteiger partial charge in [-0.1, -0.05) is 0 Å². The van der Waals surface area contributed by atoms with Crippen molar-refractivity contribution in [2.75, 3.05) is 31.8 Å². The zero-order chi connectivity index (χ0) is 14.7. The Morgan fingerprint density at radius 2 is 2.24 bits per heavy atom. The van der Waals surface area contributed by atoms with Crippen LogP contribution >= 0.6 is 23.5 Å². The second-order valence-electron chi connectivity index (χ2n) is 5.75. The molecule has 1 N–H and O–H groups in total. The molecule has 1 fully saturated rings. The number of hydrogen-bond acceptors (Lipinski definition) is 4. The van der Waals surface area contributed by atoms with E-state index < -0.39 is 0 Å². The summed E-state index contributed by atoms with van der Waals surface area (Å²) in [5, 5.41) is 3.71. The minimum atomic E-state index is -0.131. The van der Waals surface area contributed by atoms with Crippen LogP contribution in [0.2, 0.25) is 0 Å². The standard InChI is InChI=1S/C16H22FNOS2/c1-20-16(5-7-19-8-6-16)11-18-14-4-9-21-15-3-2-12(17)10-13(14)15/h2-3,10,14,18H,4-9,11H2,1H3. The zero-order valence-corrected chi connectivity index (χ0v) is 14.0. The molecule has 1 aromatic rings. The maximum atomic E-state index is 13.5. The zero-order valence-electron chi connectivity index (χ0n) is 12.4. The van der Waals surface area contributed by atoms with Crippen molar-refractivity contribution in [2.24, 2.45) is 0 Å². The molecule has 0 saturated carbocycles. The average Bonchev–Trinajstić information content (AvgIpc) is 2.54. The molecule has 1 saturated heterocycles. The number of hydrogen-bond donors (Lipinski definition) is 1. The van der Waals surface area contributed by atoms with E-state index in [1.165, 1.54) is 4.90 Å². The number of benzene rings is 1. The lowest BCUT2D eigenvalue weighted by atomic mass is 9.97. The van der Waals surface area contributed by atoms with Gasteiger partial charge in [0.15, 0.2) is 0 Å². The molecule has 2 aliphatic heterocycles. The second kappa shape index (κ2) is 6.90. The van der Waals surface area contributed by atoms with Crippen molar-refractivity contribution in [1.29, 1.82) is 0 Å². The minimum absolute atomic E-state index is 0.131. The highest BCUT2D eigenvalue weighted by Crippen LogP contribution is 2.38. The maximum Gasteiger partial charge on any atom is 0.123 e. The molecule has 1 aromatic carbocycles. The Labute approximate surface area is 134 Å². The van der Waals surface area contributed by atoms with E-state index in [1.54, 1.807) is 12.1 Å². The van der Waals surface area contributed by atoms with Crippen LogP contribution in [0.3, 0.4) is 0 Å². The van der Waals surface area contributed by atoms with Crippen LogP contribution in [-0.4, -0.2) is 36.5 Å². The van der Waals surface area contributed by atoms with Crippen molar-refractivity contribution < 1.29 is 9.13 Å². The fourth-order valence-electron chi connectivity index (χ4n) is 3.08. The molecule has 0 radical (unpaired) electrons. The number of thioether (sulfide) groups is 2. The first-order valence-corrected chi connectivity index (χ1v) is 9.72. The summed E-state index contributed by atoms with van der Waals surface area (Å²) in [5.41, 5.74) is 1.13. The SMILES string of the molecule is CSC1(CNC2CCSc3ccc(F)cc32)CCOCC1. The van der Waals surface area contributed by atoms with Crippen LogP contribution < -0.4 is 5.32 Å². The summed E-state index contributed by atoms with van der Waals surface area (Å²) < 4.78 is 19.3. The van der Waals surface area contributed by atoms with Crippen LogP contribution in [0.5, 0.6) is 0 Å². The first-order valence-electron chi connectivity index (χ1n) is 7.51. The molecule has 0 aliphatic carbocycles. The molecule has 2 heterocycles. The van der Waals surface area contributed by atoms with E-state index in [0.29, 0.717) is 0 Å². The van der Waals surface area contributed by atoms with Crippen LogP contribution in [0.25, 0.3) is 0 Å². The molecule has 21 heavy (non-hydrogen) atoms. The quantitative estimate of drug-likeness (QED) is 0.906. The predicted molar refractivity (Wildman–Crippen MR) is 88.8 cm³/mol. The van der Waals surface area contributed by atoms with Crippen LogP contribution in [-0.2, 0) is 4.74 Å². The average molecular weight is 327 g/mol. The van der Waals surface area contributed by atoms with Crippen LogP contribution in [0, 0.1) is 5.82 Å². The van der Waals surface area contributed by atoms with Gasteiger partial charge in [0.05, 0.1) is 0 Å². The lowest BCUT2D eigenvalue weighted by Gasteiger charge is -2.38. The third-order valence-electron chi connectivity index (χ3n) is 4.52. The number of nitrogens with one attached hydrogen (secondary N) is 1. The van der Waals surface area contributed by atoms with Gasteiger partial charge in [-0.2, -0.15) is 11.8 Å². The van der Waals surface area contributed by atoms with Gasteiger partial charge in [-0.15, -0.1) is 11.8 Å². The van der Waals surface area contributed by atoms with E-state index in [0.717, 1.165) is 50.3 Å². The Morgan fingerprint density at radius 3 is 3.00 bits per heavy atom. The number of halogens is 1. The minimum Gasteiger partial charge on any atom is -0.381 e. The van der Waals surface area contributed by atoms with Crippen LogP contribution in [0.4, 0.5) is 4.39 Å². The van der Waals surface area contributed by atoms with E-state index in [9.17, 15) is 4.39 Å². The Bertz CT molecular complexity index is 491. The molecule has 0 aromatic heterocycles. The molecular formula is C16H22FNOS2. The monoisotopic (exact) mass is 327 g/mol. The summed E-state index contributed by atoms with van der Waals surface area (Å²) in [6.45, 7) is 2.69. The molecule has 0 amide bonds. The third kappa shape index (κ3) is 3.58. The van der Waals surface area contributed by atoms with Crippen molar-refractivity contribution in [3.05, 3.63) is 29.6 Å². The molecule has 0 bridgehead atoms. The van der Waals surface area contributed by atoms with Gasteiger partial charge in [-0.25, -0.2) is 4.39 Å². The Kier molecular flexibility index (Phi) is 5.15. The highest BCUT2D eigenvalue weighted by molar-refractivity contribution is 8.00. The number of ether oxygens (including phenoxy) is 1. The first-order chi connectivity index (χ1) is 10.2. The molecular weight excluding hydrogens is 305 g/mol. The Hall–Kier alpha value is -0.230. The van der Waals surface area contributed by atoms with Crippen molar-refractivity contribution in [1.82, 2.24) is 5.32 Å². The summed E-state index contributed by atoms with van der Waals surface area (Å²) in [4.78, 5) is 1.23. The van der Waals surface area contributed by atoms with Crippen LogP contribution in [0.15, 0.2) is 23.1 Å². The van der Waals surface area contributed by atoms with Crippen molar-refractivity contribution >= 4 is 23.5 Å². The summed E-state index contributed by atoms with van der Waals surface area (Å²) in [6.07, 6.45) is 5.46. The van der Waals surface area contributed by atoms with Gasteiger partial charge in [0, 0.05) is 35.4 Å². The first kappa shape index (κ1) is 15.7. The third-order valence-corrected chi connectivity index (χ3v) is 7.06. The second-order valence-corrected chi connectivity index (χ2v) is 8.16. The van der Waals surface area contributed by atoms with Gasteiger partial charge < -0.3 is 10.1 Å². The van der Waals surface area contributed by atoms with Gasteiger partial charge >= 0.3 is 0 Å². The van der Waals surface area contributed by atoms with Gasteiger partial charge in [-0.3, -0.25) is 0 Å². The Balaban J connectivity index is 1.70. The fourth-order valence-corrected chi connectivity index (χ4v) is 4.99. The Morgan fingerprint density at radius 1 is 1.43 bits per heavy atom. The summed E-state index contributed by atoms with van der Waals surface area (Å²) in [5.74, 6) is 0.972. The molecule has 1 atom stereocenters. The van der Waals surface area contributed by atoms with E-state index in [1.807, 2.05) is 29.6 Å². The highest BCUT2D eigenvalue weighted by Gasteiger charge is 2.33. The lowest BCUT2D eigenvalue weighted by molar-refractivity contribution is 0.0764. The van der Waals surface area contributed by atoms with Crippen molar-refractivity contribution in [2.45, 2.75) is 34.9 Å². The predicted octanol–water partition coefficient (Wildman–Crippen LogP) is 3.86. The van der Waals surface area contributed by atoms with Crippen molar-refractivity contribution in [3.63, 3.8) is 0 Å². The largest absolute Gasteiger partial charge is 0.381 e. The smallest absolute Gasteiger partial charge is 0.123 e. The molecule has 1 unspecified atom stereocenters. The van der Waals surface area contributed by atoms with E-state index in [4.69, 9.17) is 4.74 Å². The fraction of sp³-hybridized carbons (Fsp3) is 0.625. The molecule has 2 aliphatic rings.